The second kappa shape index (κ2) is 6.35. The molecule has 1 fully saturated rings. The number of nitrogens with two attached hydrogens (primary N) is 1. The minimum absolute atomic E-state index is 0.170. The van der Waals surface area contributed by atoms with Crippen LogP contribution in [0.3, 0.4) is 0 Å². The van der Waals surface area contributed by atoms with E-state index in [-0.39, 0.29) is 18.2 Å². The van der Waals surface area contributed by atoms with Crippen LogP contribution in [0.4, 0.5) is 13.2 Å². The molecule has 3 unspecified atom stereocenters. The molecule has 1 rings (SSSR count). The summed E-state index contributed by atoms with van der Waals surface area (Å²) in [6, 6.07) is -0.583. The number of amides is 1. The third kappa shape index (κ3) is 4.79. The van der Waals surface area contributed by atoms with E-state index in [4.69, 9.17) is 10.5 Å². The molecule has 8 heteroatoms. The second-order valence-corrected chi connectivity index (χ2v) is 4.09. The first-order chi connectivity index (χ1) is 8.33. The monoisotopic (exact) mass is 270 g/mol. The Balaban J connectivity index is 2.23. The van der Waals surface area contributed by atoms with Crippen LogP contribution in [0.1, 0.15) is 13.3 Å². The molecule has 106 valence electrons. The highest BCUT2D eigenvalue weighted by Crippen LogP contribution is 2.22. The van der Waals surface area contributed by atoms with E-state index in [0.717, 1.165) is 0 Å². The highest BCUT2D eigenvalue weighted by Gasteiger charge is 2.40. The molecule has 0 spiro atoms. The molecule has 0 bridgehead atoms. The number of carbonyl (C=O) groups is 1. The van der Waals surface area contributed by atoms with Crippen LogP contribution in [0, 0.1) is 0 Å². The van der Waals surface area contributed by atoms with Crippen molar-refractivity contribution in [1.82, 2.24) is 5.32 Å². The molecule has 0 aliphatic heterocycles. The maximum atomic E-state index is 11.8. The SMILES string of the molecule is CCOC1CC(N)C1NC(=O)COCC(F)(F)F. The van der Waals surface area contributed by atoms with Gasteiger partial charge in [-0.3, -0.25) is 4.79 Å². The lowest BCUT2D eigenvalue weighted by Gasteiger charge is -2.42. The van der Waals surface area contributed by atoms with E-state index in [1.54, 1.807) is 0 Å². The smallest absolute Gasteiger partial charge is 0.376 e. The van der Waals surface area contributed by atoms with Gasteiger partial charge < -0.3 is 20.5 Å². The van der Waals surface area contributed by atoms with E-state index >= 15 is 0 Å². The summed E-state index contributed by atoms with van der Waals surface area (Å²) in [5.74, 6) is -0.621. The average molecular weight is 270 g/mol. The zero-order valence-electron chi connectivity index (χ0n) is 10.00. The molecule has 0 saturated heterocycles. The molecular weight excluding hydrogens is 253 g/mol. The summed E-state index contributed by atoms with van der Waals surface area (Å²) < 4.78 is 44.9. The topological polar surface area (TPSA) is 73.6 Å². The Bertz CT molecular complexity index is 284. The number of ether oxygens (including phenoxy) is 2. The van der Waals surface area contributed by atoms with Crippen LogP contribution in [-0.4, -0.2) is 50.1 Å². The lowest BCUT2D eigenvalue weighted by atomic mass is 9.83. The van der Waals surface area contributed by atoms with Crippen molar-refractivity contribution < 1.29 is 27.4 Å². The van der Waals surface area contributed by atoms with Crippen molar-refractivity contribution in [2.75, 3.05) is 19.8 Å². The number of hydrogen-bond donors (Lipinski definition) is 2. The van der Waals surface area contributed by atoms with Gasteiger partial charge in [0.2, 0.25) is 5.91 Å². The number of rotatable bonds is 6. The Morgan fingerprint density at radius 1 is 1.50 bits per heavy atom. The molecule has 0 aromatic carbocycles. The van der Waals surface area contributed by atoms with Crippen molar-refractivity contribution in [2.24, 2.45) is 5.73 Å². The Kier molecular flexibility index (Phi) is 5.36. The number of halogens is 3. The van der Waals surface area contributed by atoms with Gasteiger partial charge in [-0.2, -0.15) is 13.2 Å². The number of carbonyl (C=O) groups excluding carboxylic acids is 1. The molecule has 0 heterocycles. The first-order valence-corrected chi connectivity index (χ1v) is 5.64. The average Bonchev–Trinajstić information content (AvgIpc) is 2.24. The van der Waals surface area contributed by atoms with Crippen LogP contribution in [0.5, 0.6) is 0 Å². The summed E-state index contributed by atoms with van der Waals surface area (Å²) in [6.45, 7) is 0.233. The largest absolute Gasteiger partial charge is 0.411 e. The fourth-order valence-electron chi connectivity index (χ4n) is 1.71. The Hall–Kier alpha value is -0.860. The molecule has 1 amide bonds. The number of nitrogens with one attached hydrogen (secondary N) is 1. The molecule has 1 aliphatic rings. The van der Waals surface area contributed by atoms with Crippen molar-refractivity contribution in [3.05, 3.63) is 0 Å². The summed E-state index contributed by atoms with van der Waals surface area (Å²) in [7, 11) is 0. The minimum atomic E-state index is -4.43. The van der Waals surface area contributed by atoms with Crippen LogP contribution in [0.25, 0.3) is 0 Å². The second-order valence-electron chi connectivity index (χ2n) is 4.09. The summed E-state index contributed by atoms with van der Waals surface area (Å²) in [5, 5.41) is 2.51. The zero-order valence-corrected chi connectivity index (χ0v) is 10.00. The molecular formula is C10H17F3N2O3. The third-order valence-electron chi connectivity index (χ3n) is 2.57. The van der Waals surface area contributed by atoms with E-state index in [9.17, 15) is 18.0 Å². The molecule has 3 N–H and O–H groups in total. The van der Waals surface area contributed by atoms with Crippen molar-refractivity contribution in [1.29, 1.82) is 0 Å². The summed E-state index contributed by atoms with van der Waals surface area (Å²) >= 11 is 0. The lowest BCUT2D eigenvalue weighted by Crippen LogP contribution is -2.65. The van der Waals surface area contributed by atoms with Crippen molar-refractivity contribution in [3.8, 4) is 0 Å². The first-order valence-electron chi connectivity index (χ1n) is 5.64. The van der Waals surface area contributed by atoms with Gasteiger partial charge in [0, 0.05) is 12.6 Å². The van der Waals surface area contributed by atoms with Crippen molar-refractivity contribution >= 4 is 5.91 Å². The van der Waals surface area contributed by atoms with Crippen LogP contribution in [-0.2, 0) is 14.3 Å². The molecule has 0 aromatic heterocycles. The quantitative estimate of drug-likeness (QED) is 0.722. The van der Waals surface area contributed by atoms with Crippen molar-refractivity contribution in [2.45, 2.75) is 37.7 Å². The Morgan fingerprint density at radius 3 is 2.67 bits per heavy atom. The lowest BCUT2D eigenvalue weighted by molar-refractivity contribution is -0.176. The van der Waals surface area contributed by atoms with E-state index in [0.29, 0.717) is 13.0 Å². The van der Waals surface area contributed by atoms with Crippen molar-refractivity contribution in [3.63, 3.8) is 0 Å². The van der Waals surface area contributed by atoms with Gasteiger partial charge in [0.1, 0.15) is 13.2 Å². The molecule has 0 aromatic rings. The minimum Gasteiger partial charge on any atom is -0.376 e. The molecule has 18 heavy (non-hydrogen) atoms. The molecule has 1 aliphatic carbocycles. The number of hydrogen-bond acceptors (Lipinski definition) is 4. The van der Waals surface area contributed by atoms with Crippen LogP contribution in [0.2, 0.25) is 0 Å². The Labute approximate surface area is 103 Å². The van der Waals surface area contributed by atoms with Crippen LogP contribution < -0.4 is 11.1 Å². The standard InChI is InChI=1S/C10H17F3N2O3/c1-2-18-7-3-6(14)9(7)15-8(16)4-17-5-10(11,12)13/h6-7,9H,2-5,14H2,1H3,(H,15,16). The van der Waals surface area contributed by atoms with E-state index in [1.807, 2.05) is 6.92 Å². The van der Waals surface area contributed by atoms with E-state index in [2.05, 4.69) is 10.1 Å². The Morgan fingerprint density at radius 2 is 2.17 bits per heavy atom. The van der Waals surface area contributed by atoms with E-state index in [1.165, 1.54) is 0 Å². The highest BCUT2D eigenvalue weighted by atomic mass is 19.4. The predicted octanol–water partition coefficient (Wildman–Crippen LogP) is 0.186. The van der Waals surface area contributed by atoms with Gasteiger partial charge in [-0.25, -0.2) is 0 Å². The van der Waals surface area contributed by atoms with E-state index < -0.39 is 25.3 Å². The highest BCUT2D eigenvalue weighted by molar-refractivity contribution is 5.77. The van der Waals surface area contributed by atoms with Gasteiger partial charge in [-0.1, -0.05) is 0 Å². The first kappa shape index (κ1) is 15.2. The normalized spacial score (nSPS) is 27.7. The molecule has 5 nitrogen and oxygen atoms in total. The van der Waals surface area contributed by atoms with Gasteiger partial charge in [0.05, 0.1) is 12.1 Å². The fraction of sp³-hybridized carbons (Fsp3) is 0.900. The van der Waals surface area contributed by atoms with Gasteiger partial charge in [-0.15, -0.1) is 0 Å². The van der Waals surface area contributed by atoms with Gasteiger partial charge in [0.25, 0.3) is 0 Å². The predicted molar refractivity (Wildman–Crippen MR) is 56.8 cm³/mol. The summed E-state index contributed by atoms with van der Waals surface area (Å²) in [6.07, 6.45) is -3.97. The third-order valence-corrected chi connectivity index (χ3v) is 2.57. The summed E-state index contributed by atoms with van der Waals surface area (Å²) in [4.78, 5) is 11.3. The maximum Gasteiger partial charge on any atom is 0.411 e. The van der Waals surface area contributed by atoms with Gasteiger partial charge in [0.15, 0.2) is 0 Å². The van der Waals surface area contributed by atoms with Gasteiger partial charge in [-0.05, 0) is 13.3 Å². The molecule has 3 atom stereocenters. The zero-order chi connectivity index (χ0) is 13.8. The molecule has 0 radical (unpaired) electrons. The fourth-order valence-corrected chi connectivity index (χ4v) is 1.71. The van der Waals surface area contributed by atoms with Crippen LogP contribution in [0.15, 0.2) is 0 Å². The maximum absolute atomic E-state index is 11.8. The summed E-state index contributed by atoms with van der Waals surface area (Å²) in [5.41, 5.74) is 5.67. The number of alkyl halides is 3. The van der Waals surface area contributed by atoms with Gasteiger partial charge >= 0.3 is 6.18 Å². The van der Waals surface area contributed by atoms with Crippen LogP contribution >= 0.6 is 0 Å². The molecule has 1 saturated carbocycles.